The molecule has 0 heterocycles. The molecule has 1 N–H and O–H groups in total. The molecule has 1 aliphatic rings. The molecule has 2 aromatic carbocycles. The molecule has 0 bridgehead atoms. The molecule has 2 aromatic rings. The number of anilines is 1. The lowest BCUT2D eigenvalue weighted by molar-refractivity contribution is -0.141. The zero-order valence-corrected chi connectivity index (χ0v) is 24.7. The molecule has 2 amide bonds. The molecular formula is C27H34Cl3N3O4S. The highest BCUT2D eigenvalue weighted by atomic mass is 35.5. The summed E-state index contributed by atoms with van der Waals surface area (Å²) in [6.07, 6.45) is 5.86. The number of amides is 2. The highest BCUT2D eigenvalue weighted by molar-refractivity contribution is 7.92. The largest absolute Gasteiger partial charge is 0.352 e. The van der Waals surface area contributed by atoms with Crippen LogP contribution in [0, 0.1) is 0 Å². The van der Waals surface area contributed by atoms with Crippen LogP contribution in [0.2, 0.25) is 15.1 Å². The molecule has 1 unspecified atom stereocenters. The Morgan fingerprint density at radius 3 is 2.34 bits per heavy atom. The van der Waals surface area contributed by atoms with Gasteiger partial charge in [-0.15, -0.1) is 0 Å². The molecule has 0 aliphatic heterocycles. The summed E-state index contributed by atoms with van der Waals surface area (Å²) >= 11 is 18.5. The van der Waals surface area contributed by atoms with Crippen LogP contribution >= 0.6 is 34.8 Å². The summed E-state index contributed by atoms with van der Waals surface area (Å²) in [6, 6.07) is 11.0. The number of hydrogen-bond donors (Lipinski definition) is 1. The summed E-state index contributed by atoms with van der Waals surface area (Å²) < 4.78 is 26.2. The Morgan fingerprint density at radius 1 is 1.05 bits per heavy atom. The number of nitrogens with zero attached hydrogens (tertiary/aromatic N) is 2. The summed E-state index contributed by atoms with van der Waals surface area (Å²) in [5.41, 5.74) is 1.10. The van der Waals surface area contributed by atoms with Gasteiger partial charge in [-0.3, -0.25) is 13.9 Å². The first kappa shape index (κ1) is 30.5. The van der Waals surface area contributed by atoms with E-state index in [1.807, 2.05) is 6.92 Å². The van der Waals surface area contributed by atoms with E-state index in [0.717, 1.165) is 31.9 Å². The molecule has 11 heteroatoms. The minimum atomic E-state index is -3.60. The van der Waals surface area contributed by atoms with Crippen molar-refractivity contribution in [1.29, 1.82) is 0 Å². The van der Waals surface area contributed by atoms with E-state index in [4.69, 9.17) is 34.8 Å². The zero-order valence-electron chi connectivity index (χ0n) is 21.6. The lowest BCUT2D eigenvalue weighted by Crippen LogP contribution is -2.51. The molecule has 7 nitrogen and oxygen atoms in total. The topological polar surface area (TPSA) is 86.8 Å². The second-order valence-electron chi connectivity index (χ2n) is 9.59. The van der Waals surface area contributed by atoms with Gasteiger partial charge in [0.25, 0.3) is 0 Å². The third-order valence-electron chi connectivity index (χ3n) is 6.69. The number of nitrogens with one attached hydrogen (secondary N) is 1. The molecule has 0 spiro atoms. The van der Waals surface area contributed by atoms with E-state index in [1.54, 1.807) is 47.4 Å². The fraction of sp³-hybridized carbons (Fsp3) is 0.481. The molecule has 1 atom stereocenters. The van der Waals surface area contributed by atoms with Crippen LogP contribution in [0.5, 0.6) is 0 Å². The van der Waals surface area contributed by atoms with Crippen LogP contribution in [0.25, 0.3) is 0 Å². The van der Waals surface area contributed by atoms with E-state index in [2.05, 4.69) is 5.32 Å². The van der Waals surface area contributed by atoms with Crippen LogP contribution in [0.15, 0.2) is 42.5 Å². The second-order valence-corrected chi connectivity index (χ2v) is 12.8. The zero-order chi connectivity index (χ0) is 27.9. The monoisotopic (exact) mass is 601 g/mol. The second kappa shape index (κ2) is 13.9. The summed E-state index contributed by atoms with van der Waals surface area (Å²) in [5.74, 6) is -0.446. The van der Waals surface area contributed by atoms with Gasteiger partial charge in [-0.05, 0) is 61.6 Å². The van der Waals surface area contributed by atoms with Crippen LogP contribution in [0.3, 0.4) is 0 Å². The minimum absolute atomic E-state index is 0.0466. The van der Waals surface area contributed by atoms with Crippen molar-refractivity contribution in [1.82, 2.24) is 10.2 Å². The van der Waals surface area contributed by atoms with Crippen molar-refractivity contribution in [2.24, 2.45) is 0 Å². The Kier molecular flexibility index (Phi) is 11.2. The number of carbonyl (C=O) groups excluding carboxylic acids is 2. The number of halogens is 3. The van der Waals surface area contributed by atoms with Gasteiger partial charge in [0.1, 0.15) is 6.04 Å². The summed E-state index contributed by atoms with van der Waals surface area (Å²) in [5, 5.41) is 4.41. The first-order chi connectivity index (χ1) is 18.0. The minimum Gasteiger partial charge on any atom is -0.352 e. The van der Waals surface area contributed by atoms with E-state index in [9.17, 15) is 18.0 Å². The predicted octanol–water partition coefficient (Wildman–Crippen LogP) is 6.06. The summed E-state index contributed by atoms with van der Waals surface area (Å²) in [7, 11) is -3.60. The van der Waals surface area contributed by atoms with Gasteiger partial charge >= 0.3 is 0 Å². The molecule has 0 aromatic heterocycles. The van der Waals surface area contributed by atoms with E-state index >= 15 is 0 Å². The highest BCUT2D eigenvalue weighted by Gasteiger charge is 2.31. The average Bonchev–Trinajstić information content (AvgIpc) is 3.35. The van der Waals surface area contributed by atoms with Crippen molar-refractivity contribution in [3.8, 4) is 0 Å². The fourth-order valence-corrected chi connectivity index (χ4v) is 6.37. The molecule has 1 fully saturated rings. The molecule has 0 radical (unpaired) electrons. The number of hydrogen-bond acceptors (Lipinski definition) is 4. The highest BCUT2D eigenvalue weighted by Crippen LogP contribution is 2.26. The Hall–Kier alpha value is -2.00. The van der Waals surface area contributed by atoms with Gasteiger partial charge in [0, 0.05) is 40.6 Å². The van der Waals surface area contributed by atoms with Gasteiger partial charge in [0.05, 0.1) is 11.9 Å². The van der Waals surface area contributed by atoms with Crippen molar-refractivity contribution in [3.63, 3.8) is 0 Å². The lowest BCUT2D eigenvalue weighted by atomic mass is 10.1. The molecule has 38 heavy (non-hydrogen) atoms. The van der Waals surface area contributed by atoms with Crippen LogP contribution in [-0.2, 0) is 26.2 Å². The quantitative estimate of drug-likeness (QED) is 0.320. The first-order valence-electron chi connectivity index (χ1n) is 12.8. The van der Waals surface area contributed by atoms with Gasteiger partial charge in [0.2, 0.25) is 21.8 Å². The van der Waals surface area contributed by atoms with E-state index < -0.39 is 16.1 Å². The van der Waals surface area contributed by atoms with E-state index in [0.29, 0.717) is 32.7 Å². The van der Waals surface area contributed by atoms with E-state index in [1.165, 1.54) is 4.31 Å². The molecular weight excluding hydrogens is 569 g/mol. The number of benzene rings is 2. The predicted molar refractivity (Wildman–Crippen MR) is 154 cm³/mol. The van der Waals surface area contributed by atoms with Crippen molar-refractivity contribution in [3.05, 3.63) is 63.1 Å². The van der Waals surface area contributed by atoms with Gasteiger partial charge in [-0.25, -0.2) is 8.42 Å². The summed E-state index contributed by atoms with van der Waals surface area (Å²) in [4.78, 5) is 28.4. The Morgan fingerprint density at radius 2 is 1.74 bits per heavy atom. The van der Waals surface area contributed by atoms with Crippen LogP contribution < -0.4 is 9.62 Å². The van der Waals surface area contributed by atoms with Gasteiger partial charge < -0.3 is 10.2 Å². The maximum Gasteiger partial charge on any atom is 0.243 e. The first-order valence-corrected chi connectivity index (χ1v) is 15.7. The van der Waals surface area contributed by atoms with Crippen molar-refractivity contribution >= 4 is 62.3 Å². The normalized spacial score (nSPS) is 14.8. The molecule has 0 saturated heterocycles. The lowest BCUT2D eigenvalue weighted by Gasteiger charge is -2.32. The van der Waals surface area contributed by atoms with Gasteiger partial charge in [0.15, 0.2) is 0 Å². The van der Waals surface area contributed by atoms with Crippen LogP contribution in [0.4, 0.5) is 5.69 Å². The molecule has 208 valence electrons. The summed E-state index contributed by atoms with van der Waals surface area (Å²) in [6.45, 7) is 2.09. The molecule has 1 saturated carbocycles. The Balaban J connectivity index is 1.78. The van der Waals surface area contributed by atoms with E-state index in [-0.39, 0.29) is 43.8 Å². The SMILES string of the molecule is CCC(C(=O)NC1CCCC1)N(Cc1ccc(Cl)cc1Cl)C(=O)CCCN(c1cccc(Cl)c1)S(C)(=O)=O. The van der Waals surface area contributed by atoms with Gasteiger partial charge in [-0.1, -0.05) is 66.7 Å². The number of carbonyl (C=O) groups is 2. The smallest absolute Gasteiger partial charge is 0.243 e. The average molecular weight is 603 g/mol. The fourth-order valence-electron chi connectivity index (χ4n) is 4.76. The van der Waals surface area contributed by atoms with Crippen molar-refractivity contribution in [2.45, 2.75) is 70.5 Å². The van der Waals surface area contributed by atoms with Gasteiger partial charge in [-0.2, -0.15) is 0 Å². The number of rotatable bonds is 12. The third-order valence-corrected chi connectivity index (χ3v) is 8.71. The third kappa shape index (κ3) is 8.50. The Bertz CT molecular complexity index is 1240. The molecule has 3 rings (SSSR count). The van der Waals surface area contributed by atoms with Crippen LogP contribution in [0.1, 0.15) is 57.4 Å². The standard InChI is InChI=1S/C27H34Cl3N3O4S/c1-3-25(27(35)31-22-9-4-5-10-22)32(18-19-13-14-21(29)17-24(19)30)26(34)12-7-15-33(38(2,36)37)23-11-6-8-20(28)16-23/h6,8,11,13-14,16-17,22,25H,3-5,7,9-10,12,15,18H2,1-2H3,(H,31,35). The van der Waals surface area contributed by atoms with Crippen LogP contribution in [-0.4, -0.2) is 50.0 Å². The molecule has 1 aliphatic carbocycles. The maximum atomic E-state index is 13.6. The van der Waals surface area contributed by atoms with Crippen molar-refractivity contribution < 1.29 is 18.0 Å². The van der Waals surface area contributed by atoms with Crippen molar-refractivity contribution in [2.75, 3.05) is 17.1 Å². The maximum absolute atomic E-state index is 13.6. The Labute approximate surface area is 240 Å². The number of sulfonamides is 1.